The zero-order valence-corrected chi connectivity index (χ0v) is 18.0. The highest BCUT2D eigenvalue weighted by Gasteiger charge is 2.51. The van der Waals surface area contributed by atoms with Crippen molar-refractivity contribution in [3.05, 3.63) is 66.0 Å². The van der Waals surface area contributed by atoms with Crippen molar-refractivity contribution in [3.8, 4) is 11.3 Å². The van der Waals surface area contributed by atoms with Crippen LogP contribution in [-0.4, -0.2) is 39.7 Å². The number of nitrogens with zero attached hydrogens (tertiary/aromatic N) is 2. The molecule has 2 fully saturated rings. The minimum absolute atomic E-state index is 0.0297. The van der Waals surface area contributed by atoms with Crippen molar-refractivity contribution < 1.29 is 18.7 Å². The largest absolute Gasteiger partial charge is 0.423 e. The van der Waals surface area contributed by atoms with Gasteiger partial charge in [-0.3, -0.25) is 9.69 Å². The molecule has 5 rings (SSSR count). The number of carbonyl (C=O) groups is 2. The molecule has 164 valence electrons. The molecule has 32 heavy (non-hydrogen) atoms. The van der Waals surface area contributed by atoms with Crippen LogP contribution in [0.5, 0.6) is 0 Å². The molecule has 1 N–H and O–H groups in total. The van der Waals surface area contributed by atoms with E-state index in [1.165, 1.54) is 12.1 Å². The predicted octanol–water partition coefficient (Wildman–Crippen LogP) is 4.88. The molecule has 1 saturated carbocycles. The van der Waals surface area contributed by atoms with Crippen LogP contribution in [0.4, 0.5) is 9.18 Å². The molecule has 2 aromatic carbocycles. The number of para-hydroxylation sites is 1. The first kappa shape index (κ1) is 20.4. The smallest absolute Gasteiger partial charge is 0.415 e. The van der Waals surface area contributed by atoms with Crippen molar-refractivity contribution in [2.75, 3.05) is 0 Å². The molecular formula is C25H24FN3O3. The summed E-state index contributed by atoms with van der Waals surface area (Å²) >= 11 is 0. The molecule has 0 spiro atoms. The molecule has 1 aliphatic carbocycles. The van der Waals surface area contributed by atoms with E-state index in [2.05, 4.69) is 10.3 Å². The van der Waals surface area contributed by atoms with Crippen LogP contribution in [0, 0.1) is 5.82 Å². The summed E-state index contributed by atoms with van der Waals surface area (Å²) in [5, 5.41) is 3.91. The number of hydrogen-bond acceptors (Lipinski definition) is 4. The summed E-state index contributed by atoms with van der Waals surface area (Å²) in [6, 6.07) is 15.4. The molecule has 6 nitrogen and oxygen atoms in total. The second kappa shape index (κ2) is 7.58. The highest BCUT2D eigenvalue weighted by molar-refractivity contribution is 6.07. The zero-order chi connectivity index (χ0) is 22.5. The van der Waals surface area contributed by atoms with E-state index < -0.39 is 5.72 Å². The quantitative estimate of drug-likeness (QED) is 0.637. The Bertz CT molecular complexity index is 1210. The minimum atomic E-state index is -0.591. The number of halogens is 1. The summed E-state index contributed by atoms with van der Waals surface area (Å²) in [7, 11) is 0. The third kappa shape index (κ3) is 3.57. The number of cyclic esters (lactones) is 1. The van der Waals surface area contributed by atoms with E-state index in [1.807, 2.05) is 38.1 Å². The fraction of sp³-hybridized carbons (Fsp3) is 0.320. The van der Waals surface area contributed by atoms with Crippen LogP contribution < -0.4 is 5.32 Å². The van der Waals surface area contributed by atoms with Gasteiger partial charge in [0.15, 0.2) is 5.72 Å². The van der Waals surface area contributed by atoms with Gasteiger partial charge in [-0.1, -0.05) is 18.2 Å². The molecule has 2 amide bonds. The van der Waals surface area contributed by atoms with E-state index in [4.69, 9.17) is 4.74 Å². The summed E-state index contributed by atoms with van der Waals surface area (Å²) in [5.41, 5.74) is 2.00. The Morgan fingerprint density at radius 2 is 1.91 bits per heavy atom. The van der Waals surface area contributed by atoms with Crippen LogP contribution in [0.25, 0.3) is 22.2 Å². The maximum Gasteiger partial charge on any atom is 0.415 e. The summed E-state index contributed by atoms with van der Waals surface area (Å²) in [6.45, 7) is 3.75. The number of amides is 2. The number of fused-ring (bicyclic) bond motifs is 1. The maximum atomic E-state index is 13.4. The van der Waals surface area contributed by atoms with Gasteiger partial charge in [-0.05, 0) is 69.5 Å². The van der Waals surface area contributed by atoms with Gasteiger partial charge in [0.2, 0.25) is 0 Å². The maximum absolute atomic E-state index is 13.4. The topological polar surface area (TPSA) is 71.5 Å². The molecule has 0 bridgehead atoms. The Morgan fingerprint density at radius 3 is 2.62 bits per heavy atom. The van der Waals surface area contributed by atoms with Crippen LogP contribution in [0.15, 0.2) is 54.6 Å². The molecule has 7 heteroatoms. The van der Waals surface area contributed by atoms with Crippen LogP contribution in [-0.2, 0) is 4.74 Å². The Hall–Kier alpha value is -3.48. The number of rotatable bonds is 4. The molecule has 0 unspecified atom stereocenters. The zero-order valence-electron chi connectivity index (χ0n) is 18.0. The second-order valence-electron chi connectivity index (χ2n) is 8.90. The standard InChI is InChI=1S/C25H24FN3O3/c1-25(2)29(24(31)32-25)18-12-11-17(13-18)27-23(30)20-14-22(15-7-9-16(26)10-8-15)28-21-6-4-3-5-19(20)21/h3-10,14,17-18H,11-13H2,1-2H3,(H,27,30)/t17-,18+/m1/s1. The minimum Gasteiger partial charge on any atom is -0.423 e. The number of benzene rings is 2. The molecule has 1 aromatic heterocycles. The van der Waals surface area contributed by atoms with Gasteiger partial charge in [0.1, 0.15) is 5.82 Å². The van der Waals surface area contributed by atoms with Crippen molar-refractivity contribution in [2.45, 2.75) is 50.9 Å². The second-order valence-corrected chi connectivity index (χ2v) is 8.90. The van der Waals surface area contributed by atoms with Gasteiger partial charge in [0, 0.05) is 23.0 Å². The number of carbonyl (C=O) groups excluding carboxylic acids is 2. The SMILES string of the molecule is CC1(C)OC(=O)N1[C@H]1CC[C@@H](NC(=O)c2cc(-c3ccc(F)cc3)nc3ccccc23)C1. The molecule has 0 radical (unpaired) electrons. The third-order valence-electron chi connectivity index (χ3n) is 6.32. The van der Waals surface area contributed by atoms with Crippen LogP contribution in [0.2, 0.25) is 0 Å². The van der Waals surface area contributed by atoms with Gasteiger partial charge in [-0.2, -0.15) is 0 Å². The average molecular weight is 433 g/mol. The first-order valence-corrected chi connectivity index (χ1v) is 10.8. The lowest BCUT2D eigenvalue weighted by Gasteiger charge is -2.49. The average Bonchev–Trinajstić information content (AvgIpc) is 3.19. The van der Waals surface area contributed by atoms with E-state index in [9.17, 15) is 14.0 Å². The first-order chi connectivity index (χ1) is 15.3. The fourth-order valence-electron chi connectivity index (χ4n) is 4.80. The van der Waals surface area contributed by atoms with Crippen LogP contribution >= 0.6 is 0 Å². The molecule has 1 saturated heterocycles. The lowest BCUT2D eigenvalue weighted by atomic mass is 10.0. The van der Waals surface area contributed by atoms with Gasteiger partial charge >= 0.3 is 6.09 Å². The number of pyridine rings is 1. The molecule has 1 aliphatic heterocycles. The lowest BCUT2D eigenvalue weighted by Crippen LogP contribution is -2.65. The van der Waals surface area contributed by atoms with Gasteiger partial charge < -0.3 is 10.1 Å². The Labute approximate surface area is 185 Å². The van der Waals surface area contributed by atoms with E-state index in [-0.39, 0.29) is 29.9 Å². The highest BCUT2D eigenvalue weighted by atomic mass is 19.1. The van der Waals surface area contributed by atoms with Crippen molar-refractivity contribution in [1.82, 2.24) is 15.2 Å². The number of aromatic nitrogens is 1. The molecule has 2 aliphatic rings. The van der Waals surface area contributed by atoms with Gasteiger partial charge in [-0.25, -0.2) is 14.2 Å². The normalized spacial score (nSPS) is 21.8. The predicted molar refractivity (Wildman–Crippen MR) is 118 cm³/mol. The van der Waals surface area contributed by atoms with Crippen molar-refractivity contribution in [1.29, 1.82) is 0 Å². The first-order valence-electron chi connectivity index (χ1n) is 10.8. The Balaban J connectivity index is 1.40. The Morgan fingerprint density at radius 1 is 1.16 bits per heavy atom. The number of ether oxygens (including phenoxy) is 1. The summed E-state index contributed by atoms with van der Waals surface area (Å²) < 4.78 is 18.6. The van der Waals surface area contributed by atoms with Crippen molar-refractivity contribution in [3.63, 3.8) is 0 Å². The Kier molecular flexibility index (Phi) is 4.84. The van der Waals surface area contributed by atoms with E-state index in [0.29, 0.717) is 23.2 Å². The number of hydrogen-bond donors (Lipinski definition) is 1. The van der Waals surface area contributed by atoms with Crippen molar-refractivity contribution >= 4 is 22.9 Å². The molecule has 3 aromatic rings. The molecular weight excluding hydrogens is 409 g/mol. The summed E-state index contributed by atoms with van der Waals surface area (Å²) in [4.78, 5) is 31.6. The molecule has 2 heterocycles. The summed E-state index contributed by atoms with van der Waals surface area (Å²) in [5.74, 6) is -0.499. The molecule has 2 atom stereocenters. The van der Waals surface area contributed by atoms with E-state index in [1.54, 1.807) is 23.1 Å². The third-order valence-corrected chi connectivity index (χ3v) is 6.32. The van der Waals surface area contributed by atoms with E-state index in [0.717, 1.165) is 23.8 Å². The highest BCUT2D eigenvalue weighted by Crippen LogP contribution is 2.37. The fourth-order valence-corrected chi connectivity index (χ4v) is 4.80. The van der Waals surface area contributed by atoms with E-state index >= 15 is 0 Å². The van der Waals surface area contributed by atoms with Gasteiger partial charge in [-0.15, -0.1) is 0 Å². The monoisotopic (exact) mass is 433 g/mol. The van der Waals surface area contributed by atoms with Gasteiger partial charge in [0.25, 0.3) is 5.91 Å². The van der Waals surface area contributed by atoms with Crippen LogP contribution in [0.1, 0.15) is 43.5 Å². The van der Waals surface area contributed by atoms with Crippen molar-refractivity contribution in [2.24, 2.45) is 0 Å². The number of nitrogens with one attached hydrogen (secondary N) is 1. The lowest BCUT2D eigenvalue weighted by molar-refractivity contribution is -0.178. The van der Waals surface area contributed by atoms with Crippen LogP contribution in [0.3, 0.4) is 0 Å². The van der Waals surface area contributed by atoms with Gasteiger partial charge in [0.05, 0.1) is 16.8 Å². The summed E-state index contributed by atoms with van der Waals surface area (Å²) in [6.07, 6.45) is 2.01.